The van der Waals surface area contributed by atoms with Crippen molar-refractivity contribution in [3.8, 4) is 6.07 Å². The topological polar surface area (TPSA) is 59.3 Å². The summed E-state index contributed by atoms with van der Waals surface area (Å²) >= 11 is 0. The molecular formula is C5H8NO3P. The molecule has 5 heteroatoms. The summed E-state index contributed by atoms with van der Waals surface area (Å²) in [4.78, 5) is 0. The van der Waals surface area contributed by atoms with E-state index in [0.29, 0.717) is 0 Å². The van der Waals surface area contributed by atoms with Crippen molar-refractivity contribution in [3.05, 3.63) is 11.9 Å². The van der Waals surface area contributed by atoms with E-state index >= 15 is 0 Å². The fraction of sp³-hybridized carbons (Fsp3) is 0.400. The Labute approximate surface area is 59.6 Å². The minimum absolute atomic E-state index is 1.06. The van der Waals surface area contributed by atoms with Gasteiger partial charge in [0, 0.05) is 26.1 Å². The van der Waals surface area contributed by atoms with E-state index in [1.165, 1.54) is 14.2 Å². The minimum Gasteiger partial charge on any atom is -0.309 e. The van der Waals surface area contributed by atoms with Crippen molar-refractivity contribution in [2.24, 2.45) is 0 Å². The van der Waals surface area contributed by atoms with Gasteiger partial charge in [-0.15, -0.1) is 0 Å². The van der Waals surface area contributed by atoms with E-state index < -0.39 is 7.60 Å². The summed E-state index contributed by atoms with van der Waals surface area (Å²) < 4.78 is 20.0. The molecule has 0 rings (SSSR count). The molecule has 0 aliphatic heterocycles. The summed E-state index contributed by atoms with van der Waals surface area (Å²) in [7, 11) is -0.589. The van der Waals surface area contributed by atoms with Crippen LogP contribution in [-0.2, 0) is 13.6 Å². The van der Waals surface area contributed by atoms with E-state index in [1.807, 2.05) is 0 Å². The predicted octanol–water partition coefficient (Wildman–Crippen LogP) is 1.51. The predicted molar refractivity (Wildman–Crippen MR) is 36.4 cm³/mol. The Morgan fingerprint density at radius 3 is 2.30 bits per heavy atom. The van der Waals surface area contributed by atoms with Gasteiger partial charge in [-0.05, 0) is 0 Å². The molecule has 0 aromatic rings. The lowest BCUT2D eigenvalue weighted by atomic mass is 10.7. The zero-order chi connectivity index (χ0) is 8.04. The molecule has 0 heterocycles. The second-order valence-corrected chi connectivity index (χ2v) is 3.46. The maximum Gasteiger partial charge on any atom is 0.354 e. The largest absolute Gasteiger partial charge is 0.354 e. The molecule has 0 N–H and O–H groups in total. The fourth-order valence-corrected chi connectivity index (χ4v) is 0.963. The summed E-state index contributed by atoms with van der Waals surface area (Å²) in [5, 5.41) is 8.05. The molecular weight excluding hydrogens is 153 g/mol. The Morgan fingerprint density at radius 2 is 2.00 bits per heavy atom. The van der Waals surface area contributed by atoms with Gasteiger partial charge in [-0.25, -0.2) is 0 Å². The Hall–Kier alpha value is -0.620. The van der Waals surface area contributed by atoms with Gasteiger partial charge in [0.05, 0.1) is 6.07 Å². The summed E-state index contributed by atoms with van der Waals surface area (Å²) in [6.45, 7) is 0. The molecule has 0 radical (unpaired) electrons. The van der Waals surface area contributed by atoms with Crippen LogP contribution >= 0.6 is 7.60 Å². The second-order valence-electron chi connectivity index (χ2n) is 1.35. The molecule has 10 heavy (non-hydrogen) atoms. The molecule has 56 valence electrons. The van der Waals surface area contributed by atoms with Gasteiger partial charge in [0.15, 0.2) is 0 Å². The molecule has 0 unspecified atom stereocenters. The van der Waals surface area contributed by atoms with Crippen molar-refractivity contribution < 1.29 is 13.6 Å². The molecule has 0 bridgehead atoms. The lowest BCUT2D eigenvalue weighted by Crippen LogP contribution is -1.82. The fourth-order valence-electron chi connectivity index (χ4n) is 0.321. The van der Waals surface area contributed by atoms with Crippen LogP contribution in [0.15, 0.2) is 11.9 Å². The lowest BCUT2D eigenvalue weighted by molar-refractivity contribution is 0.286. The Balaban J connectivity index is 4.25. The van der Waals surface area contributed by atoms with Gasteiger partial charge in [0.25, 0.3) is 0 Å². The molecule has 0 aromatic heterocycles. The highest BCUT2D eigenvalue weighted by atomic mass is 31.2. The average molecular weight is 161 g/mol. The summed E-state index contributed by atoms with van der Waals surface area (Å²) in [6.07, 6.45) is 1.06. The number of hydrogen-bond acceptors (Lipinski definition) is 4. The molecule has 0 aliphatic carbocycles. The van der Waals surface area contributed by atoms with Gasteiger partial charge in [-0.2, -0.15) is 5.26 Å². The third kappa shape index (κ3) is 2.79. The van der Waals surface area contributed by atoms with Crippen LogP contribution in [0.1, 0.15) is 0 Å². The zero-order valence-electron chi connectivity index (χ0n) is 5.77. The third-order valence-electron chi connectivity index (χ3n) is 0.841. The number of rotatable bonds is 3. The number of hydrogen-bond donors (Lipinski definition) is 0. The lowest BCUT2D eigenvalue weighted by Gasteiger charge is -2.06. The van der Waals surface area contributed by atoms with E-state index in [-0.39, 0.29) is 0 Å². The summed E-state index contributed by atoms with van der Waals surface area (Å²) in [5.41, 5.74) is 0. The first kappa shape index (κ1) is 9.38. The molecule has 0 aromatic carbocycles. The van der Waals surface area contributed by atoms with Gasteiger partial charge >= 0.3 is 7.60 Å². The Bertz CT molecular complexity index is 197. The first-order valence-corrected chi connectivity index (χ1v) is 4.08. The molecule has 0 spiro atoms. The highest BCUT2D eigenvalue weighted by molar-refractivity contribution is 7.57. The highest BCUT2D eigenvalue weighted by Gasteiger charge is 2.14. The van der Waals surface area contributed by atoms with E-state index in [0.717, 1.165) is 11.9 Å². The molecule has 0 atom stereocenters. The summed E-state index contributed by atoms with van der Waals surface area (Å²) in [6, 6.07) is 1.68. The minimum atomic E-state index is -3.10. The molecule has 0 amide bonds. The van der Waals surface area contributed by atoms with Gasteiger partial charge < -0.3 is 9.05 Å². The van der Waals surface area contributed by atoms with E-state index in [1.54, 1.807) is 6.07 Å². The first-order valence-electron chi connectivity index (χ1n) is 2.47. The monoisotopic (exact) mass is 161 g/mol. The maximum absolute atomic E-state index is 11.0. The molecule has 0 saturated carbocycles. The molecule has 0 fully saturated rings. The van der Waals surface area contributed by atoms with Crippen LogP contribution in [0.25, 0.3) is 0 Å². The smallest absolute Gasteiger partial charge is 0.309 e. The standard InChI is InChI=1S/C5H8NO3P/c1-8-10(7,9-2)5-3-4-6/h3,5H,1-2H3/b5-3-. The average Bonchev–Trinajstić information content (AvgIpc) is 2.00. The van der Waals surface area contributed by atoms with Crippen LogP contribution in [0.5, 0.6) is 0 Å². The Kier molecular flexibility index (Phi) is 3.97. The second kappa shape index (κ2) is 4.24. The van der Waals surface area contributed by atoms with Crippen LogP contribution < -0.4 is 0 Å². The normalized spacial score (nSPS) is 11.7. The van der Waals surface area contributed by atoms with Gasteiger partial charge in [-0.3, -0.25) is 4.57 Å². The third-order valence-corrected chi connectivity index (χ3v) is 2.37. The van der Waals surface area contributed by atoms with Gasteiger partial charge in [0.2, 0.25) is 0 Å². The van der Waals surface area contributed by atoms with Gasteiger partial charge in [0.1, 0.15) is 0 Å². The zero-order valence-corrected chi connectivity index (χ0v) is 6.67. The first-order chi connectivity index (χ1) is 4.68. The Morgan fingerprint density at radius 1 is 1.50 bits per heavy atom. The maximum atomic E-state index is 11.0. The molecule has 4 nitrogen and oxygen atoms in total. The molecule has 0 saturated heterocycles. The van der Waals surface area contributed by atoms with Crippen LogP contribution in [0.4, 0.5) is 0 Å². The highest BCUT2D eigenvalue weighted by Crippen LogP contribution is 2.47. The quantitative estimate of drug-likeness (QED) is 0.465. The number of nitriles is 1. The van der Waals surface area contributed by atoms with E-state index in [2.05, 4.69) is 9.05 Å². The van der Waals surface area contributed by atoms with E-state index in [9.17, 15) is 4.57 Å². The number of nitrogens with zero attached hydrogens (tertiary/aromatic N) is 1. The number of allylic oxidation sites excluding steroid dienone is 1. The molecule has 0 aliphatic rings. The van der Waals surface area contributed by atoms with Crippen molar-refractivity contribution in [2.75, 3.05) is 14.2 Å². The van der Waals surface area contributed by atoms with Crippen LogP contribution in [0.3, 0.4) is 0 Å². The van der Waals surface area contributed by atoms with Crippen LogP contribution in [0.2, 0.25) is 0 Å². The van der Waals surface area contributed by atoms with Crippen molar-refractivity contribution >= 4 is 7.60 Å². The van der Waals surface area contributed by atoms with Crippen molar-refractivity contribution in [1.82, 2.24) is 0 Å². The van der Waals surface area contributed by atoms with Crippen LogP contribution in [0, 0.1) is 11.3 Å². The SMILES string of the molecule is COP(=O)(/C=C\C#N)OC. The van der Waals surface area contributed by atoms with Crippen molar-refractivity contribution in [3.63, 3.8) is 0 Å². The van der Waals surface area contributed by atoms with Crippen molar-refractivity contribution in [2.45, 2.75) is 0 Å². The van der Waals surface area contributed by atoms with Gasteiger partial charge in [-0.1, -0.05) is 0 Å². The van der Waals surface area contributed by atoms with Crippen molar-refractivity contribution in [1.29, 1.82) is 5.26 Å². The summed E-state index contributed by atoms with van der Waals surface area (Å²) in [5.74, 6) is 1.10. The van der Waals surface area contributed by atoms with Crippen LogP contribution in [-0.4, -0.2) is 14.2 Å². The van der Waals surface area contributed by atoms with E-state index in [4.69, 9.17) is 5.26 Å².